The molecule has 5 nitrogen and oxygen atoms in total. The largest absolute Gasteiger partial charge is 0.491 e. The van der Waals surface area contributed by atoms with Crippen LogP contribution in [0.15, 0.2) is 54.6 Å². The van der Waals surface area contributed by atoms with Crippen molar-refractivity contribution in [1.82, 2.24) is 0 Å². The van der Waals surface area contributed by atoms with Crippen LogP contribution in [0.2, 0.25) is 0 Å². The summed E-state index contributed by atoms with van der Waals surface area (Å²) in [5, 5.41) is 0. The molecule has 0 fully saturated rings. The van der Waals surface area contributed by atoms with Crippen LogP contribution in [0.3, 0.4) is 0 Å². The number of carbonyl (C=O) groups is 1. The number of unbranched alkanes of at least 4 members (excludes halogenated alkanes) is 2. The van der Waals surface area contributed by atoms with Gasteiger partial charge in [-0.05, 0) is 41.8 Å². The number of hydrogen-bond acceptors (Lipinski definition) is 4. The zero-order valence-corrected chi connectivity index (χ0v) is 19.6. The first kappa shape index (κ1) is 21.7. The van der Waals surface area contributed by atoms with Gasteiger partial charge in [-0.25, -0.2) is 4.39 Å². The molecule has 3 aromatic rings. The Morgan fingerprint density at radius 1 is 0.971 bits per heavy atom. The number of amides is 1. The molecule has 1 atom stereocenters. The fourth-order valence-electron chi connectivity index (χ4n) is 5.36. The Labute approximate surface area is 203 Å². The number of nitrogens with zero attached hydrogens (tertiary/aromatic N) is 1. The number of halogens is 1. The highest BCUT2D eigenvalue weighted by atomic mass is 19.1. The number of ether oxygens (including phenoxy) is 3. The first-order chi connectivity index (χ1) is 17.1. The fourth-order valence-corrected chi connectivity index (χ4v) is 5.36. The second-order valence-corrected chi connectivity index (χ2v) is 9.19. The van der Waals surface area contributed by atoms with Gasteiger partial charge in [0.15, 0.2) is 11.5 Å². The number of fused-ring (bicyclic) bond motifs is 5. The number of rotatable bonds is 6. The summed E-state index contributed by atoms with van der Waals surface area (Å²) in [6, 6.07) is 16.1. The number of benzene rings is 3. The van der Waals surface area contributed by atoms with E-state index in [4.69, 9.17) is 14.2 Å². The van der Waals surface area contributed by atoms with E-state index in [9.17, 15) is 9.18 Å². The van der Waals surface area contributed by atoms with Crippen molar-refractivity contribution in [3.05, 3.63) is 82.7 Å². The molecular formula is C29H26FNO4. The molecule has 1 spiro atoms. The highest BCUT2D eigenvalue weighted by Crippen LogP contribution is 2.56. The molecule has 3 aromatic carbocycles. The summed E-state index contributed by atoms with van der Waals surface area (Å²) >= 11 is 0. The third kappa shape index (κ3) is 3.39. The molecule has 0 aliphatic carbocycles. The number of anilines is 1. The number of carbonyl (C=O) groups excluding carboxylic acids is 1. The van der Waals surface area contributed by atoms with Crippen LogP contribution >= 0.6 is 0 Å². The SMILES string of the molecule is CCCCCN1C(=O)C2(COc3cc4c(cc32)OCO4)c2c(C=Cc3ccc(F)cc3)cccc21. The maximum Gasteiger partial charge on any atom is 0.245 e. The van der Waals surface area contributed by atoms with Crippen molar-refractivity contribution in [3.63, 3.8) is 0 Å². The van der Waals surface area contributed by atoms with Gasteiger partial charge in [0.1, 0.15) is 23.6 Å². The van der Waals surface area contributed by atoms with Gasteiger partial charge in [0, 0.05) is 29.4 Å². The van der Waals surface area contributed by atoms with Gasteiger partial charge in [-0.1, -0.05) is 56.2 Å². The molecule has 3 aliphatic rings. The van der Waals surface area contributed by atoms with Crippen LogP contribution < -0.4 is 19.1 Å². The lowest BCUT2D eigenvalue weighted by atomic mass is 9.75. The summed E-state index contributed by atoms with van der Waals surface area (Å²) in [4.78, 5) is 16.1. The summed E-state index contributed by atoms with van der Waals surface area (Å²) in [7, 11) is 0. The Morgan fingerprint density at radius 3 is 2.57 bits per heavy atom. The predicted molar refractivity (Wildman–Crippen MR) is 132 cm³/mol. The molecule has 35 heavy (non-hydrogen) atoms. The van der Waals surface area contributed by atoms with Gasteiger partial charge in [0.2, 0.25) is 12.7 Å². The molecule has 0 bridgehead atoms. The maximum atomic E-state index is 14.2. The monoisotopic (exact) mass is 471 g/mol. The van der Waals surface area contributed by atoms with Crippen LogP contribution in [0, 0.1) is 5.82 Å². The van der Waals surface area contributed by atoms with Crippen LogP contribution in [-0.4, -0.2) is 25.9 Å². The second-order valence-electron chi connectivity index (χ2n) is 9.19. The summed E-state index contributed by atoms with van der Waals surface area (Å²) in [6.45, 7) is 3.20. The van der Waals surface area contributed by atoms with Gasteiger partial charge < -0.3 is 19.1 Å². The molecule has 3 aliphatic heterocycles. The highest BCUT2D eigenvalue weighted by molar-refractivity contribution is 6.12. The minimum atomic E-state index is -0.957. The smallest absolute Gasteiger partial charge is 0.245 e. The minimum absolute atomic E-state index is 0.0313. The third-order valence-corrected chi connectivity index (χ3v) is 7.09. The van der Waals surface area contributed by atoms with Crippen molar-refractivity contribution in [2.45, 2.75) is 31.6 Å². The average molecular weight is 472 g/mol. The Kier molecular flexibility index (Phi) is 5.24. The van der Waals surface area contributed by atoms with Crippen molar-refractivity contribution < 1.29 is 23.4 Å². The maximum absolute atomic E-state index is 14.2. The predicted octanol–water partition coefficient (Wildman–Crippen LogP) is 5.94. The van der Waals surface area contributed by atoms with E-state index >= 15 is 0 Å². The summed E-state index contributed by atoms with van der Waals surface area (Å²) in [5.74, 6) is 1.68. The topological polar surface area (TPSA) is 48.0 Å². The van der Waals surface area contributed by atoms with Crippen LogP contribution in [0.4, 0.5) is 10.1 Å². The Morgan fingerprint density at radius 2 is 1.77 bits per heavy atom. The molecule has 0 N–H and O–H groups in total. The van der Waals surface area contributed by atoms with Crippen molar-refractivity contribution in [1.29, 1.82) is 0 Å². The highest BCUT2D eigenvalue weighted by Gasteiger charge is 2.58. The molecule has 0 radical (unpaired) electrons. The van der Waals surface area contributed by atoms with E-state index in [0.717, 1.165) is 47.2 Å². The zero-order chi connectivity index (χ0) is 24.0. The van der Waals surface area contributed by atoms with Crippen molar-refractivity contribution in [3.8, 4) is 17.2 Å². The lowest BCUT2D eigenvalue weighted by Gasteiger charge is -2.24. The van der Waals surface area contributed by atoms with E-state index < -0.39 is 5.41 Å². The summed E-state index contributed by atoms with van der Waals surface area (Å²) < 4.78 is 30.7. The zero-order valence-electron chi connectivity index (χ0n) is 19.6. The molecule has 1 unspecified atom stereocenters. The van der Waals surface area contributed by atoms with E-state index in [1.54, 1.807) is 12.1 Å². The standard InChI is InChI=1S/C29H26FNO4/c1-2-3-4-14-31-23-7-5-6-20(11-8-19-9-12-21(30)13-10-19)27(23)29(28(31)32)17-33-24-16-26-25(15-22(24)29)34-18-35-26/h5-13,15-16H,2-4,14,17-18H2,1H3. The third-order valence-electron chi connectivity index (χ3n) is 7.09. The molecule has 0 saturated carbocycles. The average Bonchev–Trinajstić information content (AvgIpc) is 3.55. The van der Waals surface area contributed by atoms with Crippen LogP contribution in [0.1, 0.15) is 48.4 Å². The quantitative estimate of drug-likeness (QED) is 0.330. The molecule has 1 amide bonds. The molecule has 6 rings (SSSR count). The van der Waals surface area contributed by atoms with Gasteiger partial charge in [-0.2, -0.15) is 0 Å². The first-order valence-corrected chi connectivity index (χ1v) is 12.1. The molecule has 178 valence electrons. The molecular weight excluding hydrogens is 445 g/mol. The lowest BCUT2D eigenvalue weighted by molar-refractivity contribution is -0.122. The van der Waals surface area contributed by atoms with E-state index in [2.05, 4.69) is 6.92 Å². The van der Waals surface area contributed by atoms with Gasteiger partial charge in [0.05, 0.1) is 0 Å². The Balaban J connectivity index is 1.50. The van der Waals surface area contributed by atoms with Crippen molar-refractivity contribution >= 4 is 23.7 Å². The lowest BCUT2D eigenvalue weighted by Crippen LogP contribution is -2.43. The van der Waals surface area contributed by atoms with E-state index in [1.807, 2.05) is 47.4 Å². The Hall–Kier alpha value is -3.80. The normalized spacial score (nSPS) is 19.5. The fraction of sp³-hybridized carbons (Fsp3) is 0.276. The molecule has 3 heterocycles. The Bertz CT molecular complexity index is 1330. The molecule has 0 aromatic heterocycles. The van der Waals surface area contributed by atoms with E-state index in [1.165, 1.54) is 12.1 Å². The van der Waals surface area contributed by atoms with E-state index in [0.29, 0.717) is 23.8 Å². The van der Waals surface area contributed by atoms with Gasteiger partial charge in [0.25, 0.3) is 0 Å². The van der Waals surface area contributed by atoms with Crippen molar-refractivity contribution in [2.24, 2.45) is 0 Å². The molecule has 0 saturated heterocycles. The van der Waals surface area contributed by atoms with Crippen LogP contribution in [0.5, 0.6) is 17.2 Å². The van der Waals surface area contributed by atoms with Gasteiger partial charge >= 0.3 is 0 Å². The van der Waals surface area contributed by atoms with Gasteiger partial charge in [-0.15, -0.1) is 0 Å². The minimum Gasteiger partial charge on any atom is -0.491 e. The van der Waals surface area contributed by atoms with Crippen LogP contribution in [0.25, 0.3) is 12.2 Å². The first-order valence-electron chi connectivity index (χ1n) is 12.1. The van der Waals surface area contributed by atoms with Crippen LogP contribution in [-0.2, 0) is 10.2 Å². The molecule has 6 heteroatoms. The second kappa shape index (κ2) is 8.45. The van der Waals surface area contributed by atoms with E-state index in [-0.39, 0.29) is 25.1 Å². The van der Waals surface area contributed by atoms with Gasteiger partial charge in [-0.3, -0.25) is 4.79 Å². The summed E-state index contributed by atoms with van der Waals surface area (Å²) in [6.07, 6.45) is 7.02. The van der Waals surface area contributed by atoms with Crippen molar-refractivity contribution in [2.75, 3.05) is 24.8 Å². The summed E-state index contributed by atoms with van der Waals surface area (Å²) in [5.41, 5.74) is 3.54. The number of hydrogen-bond donors (Lipinski definition) is 0.